The molecule has 0 fully saturated rings. The van der Waals surface area contributed by atoms with E-state index in [4.69, 9.17) is 5.11 Å². The molecule has 3 nitrogen and oxygen atoms in total. The molecule has 0 saturated heterocycles. The summed E-state index contributed by atoms with van der Waals surface area (Å²) in [6.45, 7) is 6.05. The lowest BCUT2D eigenvalue weighted by atomic mass is 10.3. The van der Waals surface area contributed by atoms with Crippen LogP contribution in [0, 0.1) is 0 Å². The molecule has 0 heterocycles. The minimum atomic E-state index is -0.992. The number of aliphatic hydroxyl groups is 1. The van der Waals surface area contributed by atoms with Crippen LogP contribution in [0.15, 0.2) is 10.2 Å². The maximum Gasteiger partial charge on any atom is 0.170 e. The van der Waals surface area contributed by atoms with Gasteiger partial charge in [-0.2, -0.15) is 10.2 Å². The van der Waals surface area contributed by atoms with Gasteiger partial charge in [0.25, 0.3) is 0 Å². The summed E-state index contributed by atoms with van der Waals surface area (Å²) in [6.07, 6.45) is 2.16. The van der Waals surface area contributed by atoms with Crippen LogP contribution in [0.1, 0.15) is 33.6 Å². The average molecular weight is 144 g/mol. The van der Waals surface area contributed by atoms with Crippen molar-refractivity contribution in [3.8, 4) is 0 Å². The molecule has 0 atom stereocenters. The topological polar surface area (TPSA) is 45.0 Å². The molecule has 0 aromatic carbocycles. The molecule has 0 aliphatic carbocycles. The standard InChI is InChI=1S/C7H16N2O/c1-4-5-6-8-9-7(2,3)10/h10H,4-6H2,1-3H3/b9-8+. The van der Waals surface area contributed by atoms with Crippen molar-refractivity contribution in [1.29, 1.82) is 0 Å². The third-order valence-corrected chi connectivity index (χ3v) is 0.927. The Kier molecular flexibility index (Phi) is 4.19. The molecule has 0 radical (unpaired) electrons. The van der Waals surface area contributed by atoms with E-state index in [-0.39, 0.29) is 0 Å². The molecule has 0 aliphatic heterocycles. The smallest absolute Gasteiger partial charge is 0.170 e. The number of hydrogen-bond acceptors (Lipinski definition) is 3. The van der Waals surface area contributed by atoms with E-state index in [1.807, 2.05) is 0 Å². The van der Waals surface area contributed by atoms with E-state index in [2.05, 4.69) is 17.2 Å². The quantitative estimate of drug-likeness (QED) is 0.476. The third-order valence-electron chi connectivity index (χ3n) is 0.927. The van der Waals surface area contributed by atoms with Crippen molar-refractivity contribution in [1.82, 2.24) is 0 Å². The van der Waals surface area contributed by atoms with Gasteiger partial charge in [0.05, 0.1) is 6.54 Å². The SMILES string of the molecule is CCCC/N=N/C(C)(C)O. The molecule has 3 heteroatoms. The van der Waals surface area contributed by atoms with E-state index < -0.39 is 5.72 Å². The average Bonchev–Trinajstić information content (AvgIpc) is 1.78. The van der Waals surface area contributed by atoms with Gasteiger partial charge in [0.2, 0.25) is 0 Å². The van der Waals surface area contributed by atoms with Gasteiger partial charge in [0.1, 0.15) is 0 Å². The zero-order valence-corrected chi connectivity index (χ0v) is 6.96. The van der Waals surface area contributed by atoms with Gasteiger partial charge in [-0.1, -0.05) is 13.3 Å². The lowest BCUT2D eigenvalue weighted by molar-refractivity contribution is 0.0816. The Labute approximate surface area is 62.2 Å². The maximum absolute atomic E-state index is 9.06. The van der Waals surface area contributed by atoms with Gasteiger partial charge in [-0.15, -0.1) is 0 Å². The van der Waals surface area contributed by atoms with Crippen LogP contribution in [-0.4, -0.2) is 17.4 Å². The zero-order valence-electron chi connectivity index (χ0n) is 6.96. The molecule has 0 aromatic rings. The minimum absolute atomic E-state index is 0.723. The van der Waals surface area contributed by atoms with Crippen LogP contribution in [0.2, 0.25) is 0 Å². The van der Waals surface area contributed by atoms with Crippen molar-refractivity contribution in [2.75, 3.05) is 6.54 Å². The Balaban J connectivity index is 3.37. The summed E-state index contributed by atoms with van der Waals surface area (Å²) in [5, 5.41) is 16.5. The van der Waals surface area contributed by atoms with E-state index in [1.165, 1.54) is 0 Å². The second-order valence-electron chi connectivity index (χ2n) is 2.81. The first-order chi connectivity index (χ1) is 4.56. The lowest BCUT2D eigenvalue weighted by Crippen LogP contribution is -2.13. The van der Waals surface area contributed by atoms with Gasteiger partial charge in [-0.25, -0.2) is 0 Å². The summed E-state index contributed by atoms with van der Waals surface area (Å²) < 4.78 is 0. The highest BCUT2D eigenvalue weighted by Gasteiger charge is 2.07. The second-order valence-corrected chi connectivity index (χ2v) is 2.81. The molecule has 0 aromatic heterocycles. The van der Waals surface area contributed by atoms with E-state index >= 15 is 0 Å². The zero-order chi connectivity index (χ0) is 8.04. The molecular weight excluding hydrogens is 128 g/mol. The van der Waals surface area contributed by atoms with Crippen LogP contribution in [0.5, 0.6) is 0 Å². The molecule has 1 N–H and O–H groups in total. The number of azo groups is 1. The molecule has 0 amide bonds. The Morgan fingerprint density at radius 1 is 1.40 bits per heavy atom. The summed E-state index contributed by atoms with van der Waals surface area (Å²) in [5.74, 6) is 0. The minimum Gasteiger partial charge on any atom is -0.368 e. The van der Waals surface area contributed by atoms with Crippen LogP contribution in [0.4, 0.5) is 0 Å². The molecular formula is C7H16N2O. The van der Waals surface area contributed by atoms with Crippen molar-refractivity contribution < 1.29 is 5.11 Å². The Morgan fingerprint density at radius 2 is 2.00 bits per heavy atom. The fourth-order valence-corrected chi connectivity index (χ4v) is 0.452. The molecule has 60 valence electrons. The van der Waals surface area contributed by atoms with E-state index in [0.29, 0.717) is 0 Å². The molecule has 0 unspecified atom stereocenters. The molecule has 10 heavy (non-hydrogen) atoms. The van der Waals surface area contributed by atoms with Crippen molar-refractivity contribution in [2.45, 2.75) is 39.3 Å². The lowest BCUT2D eigenvalue weighted by Gasteiger charge is -2.07. The van der Waals surface area contributed by atoms with Crippen molar-refractivity contribution in [3.05, 3.63) is 0 Å². The predicted molar refractivity (Wildman–Crippen MR) is 40.9 cm³/mol. The van der Waals surface area contributed by atoms with Crippen molar-refractivity contribution >= 4 is 0 Å². The van der Waals surface area contributed by atoms with Gasteiger partial charge in [0.15, 0.2) is 5.72 Å². The fourth-order valence-electron chi connectivity index (χ4n) is 0.452. The van der Waals surface area contributed by atoms with E-state index in [0.717, 1.165) is 19.4 Å². The van der Waals surface area contributed by atoms with Crippen LogP contribution < -0.4 is 0 Å². The van der Waals surface area contributed by atoms with E-state index in [1.54, 1.807) is 13.8 Å². The second kappa shape index (κ2) is 4.39. The summed E-state index contributed by atoms with van der Waals surface area (Å²) in [7, 11) is 0. The van der Waals surface area contributed by atoms with Crippen LogP contribution >= 0.6 is 0 Å². The van der Waals surface area contributed by atoms with Gasteiger partial charge in [-0.3, -0.25) is 0 Å². The molecule has 0 rings (SSSR count). The number of rotatable bonds is 4. The van der Waals surface area contributed by atoms with Crippen LogP contribution in [0.25, 0.3) is 0 Å². The predicted octanol–water partition coefficient (Wildman–Crippen LogP) is 1.97. The van der Waals surface area contributed by atoms with Gasteiger partial charge < -0.3 is 5.11 Å². The summed E-state index contributed by atoms with van der Waals surface area (Å²) in [6, 6.07) is 0. The summed E-state index contributed by atoms with van der Waals surface area (Å²) in [4.78, 5) is 0. The maximum atomic E-state index is 9.06. The van der Waals surface area contributed by atoms with Gasteiger partial charge >= 0.3 is 0 Å². The first-order valence-electron chi connectivity index (χ1n) is 3.67. The van der Waals surface area contributed by atoms with Crippen molar-refractivity contribution in [2.24, 2.45) is 10.2 Å². The Morgan fingerprint density at radius 3 is 2.40 bits per heavy atom. The highest BCUT2D eigenvalue weighted by atomic mass is 16.3. The normalized spacial score (nSPS) is 12.8. The Bertz CT molecular complexity index is 105. The molecule has 0 spiro atoms. The first kappa shape index (κ1) is 9.56. The number of unbranched alkanes of at least 4 members (excludes halogenated alkanes) is 1. The molecule has 0 bridgehead atoms. The highest BCUT2D eigenvalue weighted by Crippen LogP contribution is 2.02. The van der Waals surface area contributed by atoms with E-state index in [9.17, 15) is 0 Å². The Hall–Kier alpha value is -0.440. The molecule has 0 saturated carbocycles. The highest BCUT2D eigenvalue weighted by molar-refractivity contribution is 4.56. The monoisotopic (exact) mass is 144 g/mol. The largest absolute Gasteiger partial charge is 0.368 e. The van der Waals surface area contributed by atoms with Crippen LogP contribution in [-0.2, 0) is 0 Å². The van der Waals surface area contributed by atoms with Crippen molar-refractivity contribution in [3.63, 3.8) is 0 Å². The van der Waals surface area contributed by atoms with Gasteiger partial charge in [-0.05, 0) is 20.3 Å². The van der Waals surface area contributed by atoms with Gasteiger partial charge in [0, 0.05) is 0 Å². The number of hydrogen-bond donors (Lipinski definition) is 1. The summed E-state index contributed by atoms with van der Waals surface area (Å²) >= 11 is 0. The first-order valence-corrected chi connectivity index (χ1v) is 3.67. The number of nitrogens with zero attached hydrogens (tertiary/aromatic N) is 2. The van der Waals surface area contributed by atoms with Crippen LogP contribution in [0.3, 0.4) is 0 Å². The molecule has 0 aliphatic rings. The fraction of sp³-hybridized carbons (Fsp3) is 1.00. The summed E-state index contributed by atoms with van der Waals surface area (Å²) in [5.41, 5.74) is -0.992. The third kappa shape index (κ3) is 7.56.